The Morgan fingerprint density at radius 1 is 1.35 bits per heavy atom. The predicted octanol–water partition coefficient (Wildman–Crippen LogP) is 3.64. The fourth-order valence-electron chi connectivity index (χ4n) is 1.48. The molecule has 0 amide bonds. The highest BCUT2D eigenvalue weighted by Gasteiger charge is 2.16. The van der Waals surface area contributed by atoms with Crippen LogP contribution in [0.5, 0.6) is 11.6 Å². The number of carbonyl (C=O) groups is 1. The zero-order valence-electron chi connectivity index (χ0n) is 10.4. The molecule has 2 rings (SSSR count). The molecule has 1 aromatic heterocycles. The molecule has 0 aliphatic rings. The average Bonchev–Trinajstić information content (AvgIpc) is 2.39. The summed E-state index contributed by atoms with van der Waals surface area (Å²) in [5.41, 5.74) is 0.213. The zero-order chi connectivity index (χ0) is 14.7. The number of hydrogen-bond acceptors (Lipinski definition) is 5. The number of nitro groups is 1. The molecule has 20 heavy (non-hydrogen) atoms. The molecule has 6 nitrogen and oxygen atoms in total. The van der Waals surface area contributed by atoms with E-state index < -0.39 is 4.92 Å². The van der Waals surface area contributed by atoms with E-state index in [0.29, 0.717) is 10.6 Å². The number of Topliss-reactive ketones (excluding diaryl/α,β-unsaturated/α-hetero) is 1. The van der Waals surface area contributed by atoms with Gasteiger partial charge in [0.2, 0.25) is 11.6 Å². The van der Waals surface area contributed by atoms with Crippen molar-refractivity contribution in [2.45, 2.75) is 6.92 Å². The second kappa shape index (κ2) is 5.66. The third kappa shape index (κ3) is 3.10. The normalized spacial score (nSPS) is 10.1. The fourth-order valence-corrected chi connectivity index (χ4v) is 1.64. The molecule has 0 saturated carbocycles. The number of hydrogen-bond donors (Lipinski definition) is 0. The summed E-state index contributed by atoms with van der Waals surface area (Å²) in [6.07, 6.45) is 1.34. The number of nitrogens with zero attached hydrogens (tertiary/aromatic N) is 2. The first-order valence-corrected chi connectivity index (χ1v) is 5.94. The molecule has 0 radical (unpaired) electrons. The molecule has 0 unspecified atom stereocenters. The highest BCUT2D eigenvalue weighted by molar-refractivity contribution is 6.30. The molecule has 0 spiro atoms. The highest BCUT2D eigenvalue weighted by Crippen LogP contribution is 2.32. The van der Waals surface area contributed by atoms with Crippen molar-refractivity contribution in [2.24, 2.45) is 0 Å². The summed E-state index contributed by atoms with van der Waals surface area (Å²) in [6, 6.07) is 6.98. The molecule has 7 heteroatoms. The van der Waals surface area contributed by atoms with Crippen molar-refractivity contribution in [1.29, 1.82) is 0 Å². The average molecular weight is 293 g/mol. The van der Waals surface area contributed by atoms with E-state index in [0.717, 1.165) is 0 Å². The number of ketones is 1. The van der Waals surface area contributed by atoms with Crippen molar-refractivity contribution in [3.05, 3.63) is 57.2 Å². The summed E-state index contributed by atoms with van der Waals surface area (Å²) >= 11 is 5.79. The third-order valence-corrected chi connectivity index (χ3v) is 2.71. The van der Waals surface area contributed by atoms with Gasteiger partial charge in [0.25, 0.3) is 0 Å². The molecular formula is C13H9ClN2O4. The highest BCUT2D eigenvalue weighted by atomic mass is 35.5. The number of ether oxygens (including phenoxy) is 1. The van der Waals surface area contributed by atoms with Gasteiger partial charge in [0.15, 0.2) is 5.78 Å². The fraction of sp³-hybridized carbons (Fsp3) is 0.0769. The molecular weight excluding hydrogens is 284 g/mol. The van der Waals surface area contributed by atoms with Gasteiger partial charge >= 0.3 is 5.69 Å². The van der Waals surface area contributed by atoms with E-state index in [9.17, 15) is 14.9 Å². The minimum atomic E-state index is -0.574. The quantitative estimate of drug-likeness (QED) is 0.488. The van der Waals surface area contributed by atoms with Gasteiger partial charge in [-0.25, -0.2) is 4.98 Å². The summed E-state index contributed by atoms with van der Waals surface area (Å²) in [5.74, 6) is 0.00345. The topological polar surface area (TPSA) is 82.3 Å². The molecule has 0 N–H and O–H groups in total. The minimum Gasteiger partial charge on any atom is -0.432 e. The van der Waals surface area contributed by atoms with Gasteiger partial charge in [-0.15, -0.1) is 0 Å². The first-order chi connectivity index (χ1) is 9.47. The number of benzene rings is 1. The monoisotopic (exact) mass is 292 g/mol. The van der Waals surface area contributed by atoms with E-state index in [-0.39, 0.29) is 23.1 Å². The lowest BCUT2D eigenvalue weighted by atomic mass is 10.2. The van der Waals surface area contributed by atoms with Crippen molar-refractivity contribution < 1.29 is 14.5 Å². The number of carbonyl (C=O) groups excluding carboxylic acids is 1. The van der Waals surface area contributed by atoms with E-state index in [1.54, 1.807) is 0 Å². The van der Waals surface area contributed by atoms with Gasteiger partial charge in [0.05, 0.1) is 4.92 Å². The van der Waals surface area contributed by atoms with Crippen molar-refractivity contribution in [3.8, 4) is 11.6 Å². The van der Waals surface area contributed by atoms with Crippen LogP contribution in [0.2, 0.25) is 5.02 Å². The van der Waals surface area contributed by atoms with Crippen molar-refractivity contribution in [2.75, 3.05) is 0 Å². The maximum absolute atomic E-state index is 11.1. The van der Waals surface area contributed by atoms with Crippen LogP contribution in [0.4, 0.5) is 5.69 Å². The van der Waals surface area contributed by atoms with E-state index in [1.807, 2.05) is 0 Å². The molecule has 0 fully saturated rings. The third-order valence-electron chi connectivity index (χ3n) is 2.48. The SMILES string of the molecule is CC(=O)c1ccc(Oc2cc(Cl)ccc2[N+](=O)[O-])nc1. The molecule has 0 atom stereocenters. The summed E-state index contributed by atoms with van der Waals surface area (Å²) in [4.78, 5) is 25.3. The first kappa shape index (κ1) is 14.0. The van der Waals surface area contributed by atoms with Crippen LogP contribution in [0.25, 0.3) is 0 Å². The van der Waals surface area contributed by atoms with E-state index in [2.05, 4.69) is 4.98 Å². The molecule has 0 bridgehead atoms. The molecule has 2 aromatic rings. The van der Waals surface area contributed by atoms with E-state index >= 15 is 0 Å². The predicted molar refractivity (Wildman–Crippen MR) is 72.4 cm³/mol. The van der Waals surface area contributed by atoms with Gasteiger partial charge in [-0.05, 0) is 19.1 Å². The molecule has 0 saturated heterocycles. The van der Waals surface area contributed by atoms with Crippen LogP contribution in [0.3, 0.4) is 0 Å². The Hall–Kier alpha value is -2.47. The Bertz CT molecular complexity index is 671. The Morgan fingerprint density at radius 2 is 2.10 bits per heavy atom. The number of aromatic nitrogens is 1. The molecule has 1 aromatic carbocycles. The molecule has 0 aliphatic carbocycles. The number of halogens is 1. The van der Waals surface area contributed by atoms with Gasteiger partial charge < -0.3 is 4.74 Å². The largest absolute Gasteiger partial charge is 0.432 e. The van der Waals surface area contributed by atoms with Gasteiger partial charge in [-0.2, -0.15) is 0 Å². The summed E-state index contributed by atoms with van der Waals surface area (Å²) in [6.45, 7) is 1.42. The number of pyridine rings is 1. The van der Waals surface area contributed by atoms with Crippen LogP contribution in [-0.4, -0.2) is 15.7 Å². The minimum absolute atomic E-state index is 0.00873. The van der Waals surface area contributed by atoms with Gasteiger partial charge in [-0.3, -0.25) is 14.9 Å². The maximum atomic E-state index is 11.1. The zero-order valence-corrected chi connectivity index (χ0v) is 11.1. The van der Waals surface area contributed by atoms with Crippen LogP contribution in [0.15, 0.2) is 36.5 Å². The number of rotatable bonds is 4. The lowest BCUT2D eigenvalue weighted by molar-refractivity contribution is -0.385. The second-order valence-corrected chi connectivity index (χ2v) is 4.35. The Kier molecular flexibility index (Phi) is 3.95. The molecule has 1 heterocycles. The van der Waals surface area contributed by atoms with Crippen LogP contribution in [0.1, 0.15) is 17.3 Å². The lowest BCUT2D eigenvalue weighted by Gasteiger charge is -2.06. The Balaban J connectivity index is 2.31. The molecule has 0 aliphatic heterocycles. The Morgan fingerprint density at radius 3 is 2.65 bits per heavy atom. The van der Waals surface area contributed by atoms with Crippen molar-refractivity contribution >= 4 is 23.1 Å². The Labute approximate surface area is 119 Å². The van der Waals surface area contributed by atoms with Crippen molar-refractivity contribution in [3.63, 3.8) is 0 Å². The van der Waals surface area contributed by atoms with Gasteiger partial charge in [0, 0.05) is 35.0 Å². The molecule has 102 valence electrons. The summed E-state index contributed by atoms with van der Waals surface area (Å²) < 4.78 is 5.34. The maximum Gasteiger partial charge on any atom is 0.311 e. The van der Waals surface area contributed by atoms with Crippen LogP contribution in [-0.2, 0) is 0 Å². The summed E-state index contributed by atoms with van der Waals surface area (Å²) in [7, 11) is 0. The summed E-state index contributed by atoms with van der Waals surface area (Å²) in [5, 5.41) is 11.2. The smallest absolute Gasteiger partial charge is 0.311 e. The second-order valence-electron chi connectivity index (χ2n) is 3.91. The van der Waals surface area contributed by atoms with Crippen LogP contribution >= 0.6 is 11.6 Å². The van der Waals surface area contributed by atoms with Crippen molar-refractivity contribution in [1.82, 2.24) is 4.98 Å². The number of nitro benzene ring substituents is 1. The van der Waals surface area contributed by atoms with E-state index in [4.69, 9.17) is 16.3 Å². The standard InChI is InChI=1S/C13H9ClN2O4/c1-8(17)9-2-5-13(15-7-9)20-12-6-10(14)3-4-11(12)16(18)19/h2-7H,1H3. The lowest BCUT2D eigenvalue weighted by Crippen LogP contribution is -1.96. The first-order valence-electron chi connectivity index (χ1n) is 5.56. The van der Waals surface area contributed by atoms with Crippen LogP contribution in [0, 0.1) is 10.1 Å². The van der Waals surface area contributed by atoms with Crippen LogP contribution < -0.4 is 4.74 Å². The van der Waals surface area contributed by atoms with Gasteiger partial charge in [-0.1, -0.05) is 11.6 Å². The van der Waals surface area contributed by atoms with E-state index in [1.165, 1.54) is 43.5 Å². The van der Waals surface area contributed by atoms with Gasteiger partial charge in [0.1, 0.15) is 0 Å².